The molecule has 3 aromatic carbocycles. The van der Waals surface area contributed by atoms with Gasteiger partial charge in [-0.05, 0) is 42.0 Å². The zero-order valence-corrected chi connectivity index (χ0v) is 14.5. The Morgan fingerprint density at radius 1 is 0.714 bits per heavy atom. The van der Waals surface area contributed by atoms with Crippen molar-refractivity contribution in [1.82, 2.24) is 5.32 Å². The number of carbonyl (C=O) groups excluding carboxylic acids is 2. The van der Waals surface area contributed by atoms with E-state index < -0.39 is 29.0 Å². The van der Waals surface area contributed by atoms with Crippen LogP contribution in [-0.2, 0) is 6.54 Å². The molecule has 7 heteroatoms. The second-order valence-electron chi connectivity index (χ2n) is 5.92. The Kier molecular flexibility index (Phi) is 5.74. The summed E-state index contributed by atoms with van der Waals surface area (Å²) < 4.78 is 39.8. The van der Waals surface area contributed by atoms with Crippen molar-refractivity contribution in [3.8, 4) is 0 Å². The molecule has 0 aliphatic rings. The van der Waals surface area contributed by atoms with Crippen molar-refractivity contribution in [2.75, 3.05) is 5.32 Å². The number of amides is 2. The second kappa shape index (κ2) is 8.39. The average molecular weight is 384 g/mol. The molecule has 0 bridgehead atoms. The van der Waals surface area contributed by atoms with Crippen molar-refractivity contribution in [1.29, 1.82) is 0 Å². The van der Waals surface area contributed by atoms with Crippen molar-refractivity contribution in [3.63, 3.8) is 0 Å². The van der Waals surface area contributed by atoms with Crippen molar-refractivity contribution in [3.05, 3.63) is 101 Å². The zero-order chi connectivity index (χ0) is 20.1. The Labute approximate surface area is 159 Å². The minimum absolute atomic E-state index is 0.197. The van der Waals surface area contributed by atoms with Crippen molar-refractivity contribution < 1.29 is 22.8 Å². The highest BCUT2D eigenvalue weighted by molar-refractivity contribution is 6.04. The SMILES string of the molecule is O=C(NCc1ccc(C(=O)Nc2ccc(F)c(F)c2F)cc1)c1ccccc1. The van der Waals surface area contributed by atoms with Gasteiger partial charge in [-0.25, -0.2) is 13.2 Å². The highest BCUT2D eigenvalue weighted by Crippen LogP contribution is 2.20. The molecule has 0 heterocycles. The minimum atomic E-state index is -1.65. The normalized spacial score (nSPS) is 10.4. The number of anilines is 1. The first-order valence-corrected chi connectivity index (χ1v) is 8.33. The zero-order valence-electron chi connectivity index (χ0n) is 14.5. The highest BCUT2D eigenvalue weighted by atomic mass is 19.2. The molecule has 0 saturated heterocycles. The van der Waals surface area contributed by atoms with E-state index in [9.17, 15) is 22.8 Å². The van der Waals surface area contributed by atoms with Crippen molar-refractivity contribution >= 4 is 17.5 Å². The van der Waals surface area contributed by atoms with Gasteiger partial charge < -0.3 is 10.6 Å². The predicted octanol–water partition coefficient (Wildman–Crippen LogP) is 4.29. The molecule has 28 heavy (non-hydrogen) atoms. The Balaban J connectivity index is 1.62. The van der Waals surface area contributed by atoms with Crippen LogP contribution in [0.5, 0.6) is 0 Å². The fourth-order valence-corrected chi connectivity index (χ4v) is 2.46. The van der Waals surface area contributed by atoms with Gasteiger partial charge in [0.2, 0.25) is 0 Å². The monoisotopic (exact) mass is 384 g/mol. The van der Waals surface area contributed by atoms with Crippen LogP contribution in [0.1, 0.15) is 26.3 Å². The Morgan fingerprint density at radius 2 is 1.36 bits per heavy atom. The number of carbonyl (C=O) groups is 2. The fourth-order valence-electron chi connectivity index (χ4n) is 2.46. The molecule has 2 N–H and O–H groups in total. The molecule has 2 amide bonds. The number of hydrogen-bond acceptors (Lipinski definition) is 2. The van der Waals surface area contributed by atoms with Crippen LogP contribution in [0.4, 0.5) is 18.9 Å². The second-order valence-corrected chi connectivity index (χ2v) is 5.92. The summed E-state index contributed by atoms with van der Waals surface area (Å²) in [6.45, 7) is 0.257. The third-order valence-corrected chi connectivity index (χ3v) is 3.99. The molecule has 0 radical (unpaired) electrons. The first kappa shape index (κ1) is 19.2. The summed E-state index contributed by atoms with van der Waals surface area (Å²) in [6, 6.07) is 16.6. The van der Waals surface area contributed by atoms with Gasteiger partial charge in [0.1, 0.15) is 0 Å². The van der Waals surface area contributed by atoms with E-state index in [1.807, 2.05) is 6.07 Å². The van der Waals surface area contributed by atoms with Crippen molar-refractivity contribution in [2.45, 2.75) is 6.54 Å². The van der Waals surface area contributed by atoms with Crippen LogP contribution in [0.2, 0.25) is 0 Å². The standard InChI is InChI=1S/C21H15F3N2O2/c22-16-10-11-17(19(24)18(16)23)26-21(28)15-8-6-13(7-9-15)12-25-20(27)14-4-2-1-3-5-14/h1-11H,12H2,(H,25,27)(H,26,28). The van der Waals surface area contributed by atoms with Gasteiger partial charge in [-0.3, -0.25) is 9.59 Å². The third-order valence-electron chi connectivity index (χ3n) is 3.99. The van der Waals surface area contributed by atoms with E-state index in [4.69, 9.17) is 0 Å². The van der Waals surface area contributed by atoms with Crippen molar-refractivity contribution in [2.24, 2.45) is 0 Å². The molecule has 0 atom stereocenters. The lowest BCUT2D eigenvalue weighted by molar-refractivity contribution is 0.0949. The van der Waals surface area contributed by atoms with E-state index in [2.05, 4.69) is 10.6 Å². The molecule has 0 saturated carbocycles. The van der Waals surface area contributed by atoms with Crippen LogP contribution in [0.15, 0.2) is 66.7 Å². The Morgan fingerprint density at radius 3 is 2.04 bits per heavy atom. The topological polar surface area (TPSA) is 58.2 Å². The number of benzene rings is 3. The van der Waals surface area contributed by atoms with E-state index in [-0.39, 0.29) is 18.0 Å². The average Bonchev–Trinajstić information content (AvgIpc) is 2.73. The van der Waals surface area contributed by atoms with Crippen LogP contribution >= 0.6 is 0 Å². The van der Waals surface area contributed by atoms with E-state index in [0.29, 0.717) is 5.56 Å². The summed E-state index contributed by atoms with van der Waals surface area (Å²) in [5, 5.41) is 4.95. The van der Waals surface area contributed by atoms with Gasteiger partial charge >= 0.3 is 0 Å². The summed E-state index contributed by atoms with van der Waals surface area (Å²) in [5.74, 6) is -5.35. The molecule has 3 aromatic rings. The summed E-state index contributed by atoms with van der Waals surface area (Å²) in [6.07, 6.45) is 0. The number of hydrogen-bond donors (Lipinski definition) is 2. The molecule has 0 aliphatic carbocycles. The van der Waals surface area contributed by atoms with Gasteiger partial charge in [0.05, 0.1) is 5.69 Å². The largest absolute Gasteiger partial charge is 0.348 e. The highest BCUT2D eigenvalue weighted by Gasteiger charge is 2.16. The molecule has 0 aromatic heterocycles. The van der Waals surface area contributed by atoms with E-state index in [1.54, 1.807) is 36.4 Å². The number of rotatable bonds is 5. The smallest absolute Gasteiger partial charge is 0.255 e. The molecule has 4 nitrogen and oxygen atoms in total. The summed E-state index contributed by atoms with van der Waals surface area (Å²) in [4.78, 5) is 24.2. The summed E-state index contributed by atoms with van der Waals surface area (Å²) in [5.41, 5.74) is 1.03. The quantitative estimate of drug-likeness (QED) is 0.645. The molecule has 3 rings (SSSR count). The first-order valence-electron chi connectivity index (χ1n) is 8.33. The molecular weight excluding hydrogens is 369 g/mol. The van der Waals surface area contributed by atoms with Gasteiger partial charge in [0, 0.05) is 17.7 Å². The van der Waals surface area contributed by atoms with E-state index >= 15 is 0 Å². The minimum Gasteiger partial charge on any atom is -0.348 e. The lowest BCUT2D eigenvalue weighted by Crippen LogP contribution is -2.22. The maximum atomic E-state index is 13.6. The Hall–Kier alpha value is -3.61. The van der Waals surface area contributed by atoms with Gasteiger partial charge in [0.25, 0.3) is 11.8 Å². The molecule has 0 spiro atoms. The van der Waals surface area contributed by atoms with Gasteiger partial charge in [-0.1, -0.05) is 30.3 Å². The number of nitrogens with one attached hydrogen (secondary N) is 2. The lowest BCUT2D eigenvalue weighted by atomic mass is 10.1. The van der Waals surface area contributed by atoms with E-state index in [1.165, 1.54) is 12.1 Å². The summed E-state index contributed by atoms with van der Waals surface area (Å²) >= 11 is 0. The maximum Gasteiger partial charge on any atom is 0.255 e. The van der Waals surface area contributed by atoms with Crippen LogP contribution in [0.25, 0.3) is 0 Å². The van der Waals surface area contributed by atoms with Crippen LogP contribution in [-0.4, -0.2) is 11.8 Å². The molecule has 0 unspecified atom stereocenters. The summed E-state index contributed by atoms with van der Waals surface area (Å²) in [7, 11) is 0. The molecule has 142 valence electrons. The fraction of sp³-hybridized carbons (Fsp3) is 0.0476. The van der Waals surface area contributed by atoms with Crippen LogP contribution in [0, 0.1) is 17.5 Å². The molecule has 0 fully saturated rings. The molecular formula is C21H15F3N2O2. The van der Waals surface area contributed by atoms with Gasteiger partial charge in [-0.15, -0.1) is 0 Å². The van der Waals surface area contributed by atoms with Gasteiger partial charge in [-0.2, -0.15) is 0 Å². The van der Waals surface area contributed by atoms with Crippen LogP contribution in [0.3, 0.4) is 0 Å². The molecule has 0 aliphatic heterocycles. The lowest BCUT2D eigenvalue weighted by Gasteiger charge is -2.09. The third kappa shape index (κ3) is 4.37. The Bertz CT molecular complexity index is 1010. The van der Waals surface area contributed by atoms with Crippen LogP contribution < -0.4 is 10.6 Å². The number of halogens is 3. The maximum absolute atomic E-state index is 13.6. The van der Waals surface area contributed by atoms with Gasteiger partial charge in [0.15, 0.2) is 17.5 Å². The predicted molar refractivity (Wildman–Crippen MR) is 98.3 cm³/mol. The van der Waals surface area contributed by atoms with E-state index in [0.717, 1.165) is 17.7 Å². The first-order chi connectivity index (χ1) is 13.5.